The number of fused-ring (bicyclic) bond motifs is 4. The maximum atomic E-state index is 6.82. The predicted molar refractivity (Wildman–Crippen MR) is 220 cm³/mol. The number of ether oxygens (including phenoxy) is 1. The molecule has 3 aromatic heterocycles. The molecule has 9 aromatic rings. The Morgan fingerprint density at radius 3 is 2.02 bits per heavy atom. The van der Waals surface area contributed by atoms with E-state index in [0.29, 0.717) is 11.5 Å². The summed E-state index contributed by atoms with van der Waals surface area (Å²) in [7, 11) is 0. The van der Waals surface area contributed by atoms with Gasteiger partial charge in [-0.3, -0.25) is 4.98 Å². The van der Waals surface area contributed by atoms with Crippen molar-refractivity contribution in [3.8, 4) is 34.4 Å². The minimum atomic E-state index is -0.351. The van der Waals surface area contributed by atoms with E-state index in [1.54, 1.807) is 0 Å². The first-order valence-electron chi connectivity index (χ1n) is 18.4. The van der Waals surface area contributed by atoms with E-state index in [1.165, 1.54) is 11.1 Å². The molecule has 0 saturated heterocycles. The van der Waals surface area contributed by atoms with Crippen LogP contribution in [0, 0.1) is 12.1 Å². The summed E-state index contributed by atoms with van der Waals surface area (Å²) in [6.07, 6.45) is 1.90. The Morgan fingerprint density at radius 1 is 0.564 bits per heavy atom. The van der Waals surface area contributed by atoms with Crippen LogP contribution >= 0.6 is 0 Å². The van der Waals surface area contributed by atoms with Gasteiger partial charge in [0.05, 0.1) is 16.9 Å². The third-order valence-electron chi connectivity index (χ3n) is 10.5. The molecule has 0 saturated carbocycles. The van der Waals surface area contributed by atoms with Gasteiger partial charge in [-0.2, -0.15) is 6.07 Å². The average molecular weight is 896 g/mol. The fourth-order valence-electron chi connectivity index (χ4n) is 7.44. The normalized spacial score (nSPS) is 11.9. The van der Waals surface area contributed by atoms with Crippen molar-refractivity contribution < 1.29 is 25.8 Å². The van der Waals surface area contributed by atoms with Crippen LogP contribution in [0.25, 0.3) is 55.7 Å². The van der Waals surface area contributed by atoms with Gasteiger partial charge >= 0.3 is 21.1 Å². The largest absolute Gasteiger partial charge is 2.00 e. The van der Waals surface area contributed by atoms with Gasteiger partial charge in [0.2, 0.25) is 0 Å². The number of rotatable bonds is 7. The van der Waals surface area contributed by atoms with Gasteiger partial charge < -0.3 is 13.9 Å². The van der Waals surface area contributed by atoms with Crippen molar-refractivity contribution in [3.63, 3.8) is 0 Å². The maximum Gasteiger partial charge on any atom is 2.00 e. The molecule has 0 aliphatic rings. The van der Waals surface area contributed by atoms with Crippen LogP contribution in [0.1, 0.15) is 51.3 Å². The topological polar surface area (TPSA) is 44.9 Å². The fourth-order valence-corrected chi connectivity index (χ4v) is 7.44. The van der Waals surface area contributed by atoms with Gasteiger partial charge in [0.1, 0.15) is 5.82 Å². The van der Waals surface area contributed by atoms with Gasteiger partial charge in [0.15, 0.2) is 0 Å². The quantitative estimate of drug-likeness (QED) is 0.150. The second kappa shape index (κ2) is 14.1. The summed E-state index contributed by atoms with van der Waals surface area (Å²) in [6, 6.07) is 57.7. The SMILES string of the molecule is CC(C)(C)c1ccnc(-n2c3[c-]c(Oc4[c-]c(-c5nc6ccccc6n5-c5ccccc5)cc(C(C)(C)c5ccccc5)c4)ccc3c3ccccc32)c1.[Pt+2]. The average Bonchev–Trinajstić information content (AvgIpc) is 3.74. The summed E-state index contributed by atoms with van der Waals surface area (Å²) in [5.74, 6) is 2.82. The zero-order valence-corrected chi connectivity index (χ0v) is 33.7. The molecule has 6 heteroatoms. The molecule has 9 rings (SSSR count). The summed E-state index contributed by atoms with van der Waals surface area (Å²) >= 11 is 0. The first-order valence-corrected chi connectivity index (χ1v) is 18.4. The molecule has 0 radical (unpaired) electrons. The fraction of sp³-hybridized carbons (Fsp3) is 0.143. The number of pyridine rings is 1. The van der Waals surface area contributed by atoms with Crippen molar-refractivity contribution in [1.29, 1.82) is 0 Å². The third kappa shape index (κ3) is 6.57. The molecule has 0 bridgehead atoms. The van der Waals surface area contributed by atoms with Gasteiger partial charge in [-0.25, -0.2) is 4.98 Å². The van der Waals surface area contributed by atoms with Crippen molar-refractivity contribution in [2.45, 2.75) is 45.4 Å². The Kier molecular flexibility index (Phi) is 9.31. The van der Waals surface area contributed by atoms with Crippen LogP contribution in [-0.4, -0.2) is 19.1 Å². The van der Waals surface area contributed by atoms with Crippen molar-refractivity contribution >= 4 is 32.8 Å². The van der Waals surface area contributed by atoms with Crippen molar-refractivity contribution in [3.05, 3.63) is 181 Å². The molecule has 0 atom stereocenters. The van der Waals surface area contributed by atoms with E-state index >= 15 is 0 Å². The zero-order valence-electron chi connectivity index (χ0n) is 31.4. The summed E-state index contributed by atoms with van der Waals surface area (Å²) in [4.78, 5) is 10.1. The minimum Gasteiger partial charge on any atom is -0.503 e. The van der Waals surface area contributed by atoms with Crippen LogP contribution in [0.5, 0.6) is 11.5 Å². The summed E-state index contributed by atoms with van der Waals surface area (Å²) < 4.78 is 11.2. The third-order valence-corrected chi connectivity index (χ3v) is 10.5. The number of para-hydroxylation sites is 4. The van der Waals surface area contributed by atoms with Crippen LogP contribution in [0.2, 0.25) is 0 Å². The molecular formula is C49H40N4OPt. The van der Waals surface area contributed by atoms with Crippen LogP contribution in [0.15, 0.2) is 152 Å². The number of hydrogen-bond donors (Lipinski definition) is 0. The molecule has 0 unspecified atom stereocenters. The number of imidazole rings is 1. The summed E-state index contributed by atoms with van der Waals surface area (Å²) in [5.41, 5.74) is 8.90. The number of hydrogen-bond acceptors (Lipinski definition) is 3. The Hall–Kier alpha value is -5.77. The molecular weight excluding hydrogens is 856 g/mol. The molecule has 5 nitrogen and oxygen atoms in total. The van der Waals surface area contributed by atoms with Gasteiger partial charge in [-0.1, -0.05) is 131 Å². The van der Waals surface area contributed by atoms with Crippen LogP contribution < -0.4 is 4.74 Å². The number of aromatic nitrogens is 4. The molecule has 0 fully saturated rings. The van der Waals surface area contributed by atoms with Crippen molar-refractivity contribution in [2.24, 2.45) is 0 Å². The first kappa shape index (κ1) is 36.2. The Labute approximate surface area is 336 Å². The van der Waals surface area contributed by atoms with Crippen LogP contribution in [0.3, 0.4) is 0 Å². The molecule has 272 valence electrons. The molecule has 0 aliphatic carbocycles. The van der Waals surface area contributed by atoms with E-state index < -0.39 is 0 Å². The van der Waals surface area contributed by atoms with Crippen molar-refractivity contribution in [1.82, 2.24) is 19.1 Å². The van der Waals surface area contributed by atoms with E-state index in [-0.39, 0.29) is 31.9 Å². The molecule has 6 aromatic carbocycles. The first-order chi connectivity index (χ1) is 26.1. The van der Waals surface area contributed by atoms with E-state index in [0.717, 1.165) is 61.3 Å². The van der Waals surface area contributed by atoms with E-state index in [4.69, 9.17) is 14.7 Å². The molecule has 0 amide bonds. The predicted octanol–water partition coefficient (Wildman–Crippen LogP) is 12.2. The second-order valence-electron chi connectivity index (χ2n) is 15.4. The number of benzene rings is 6. The van der Waals surface area contributed by atoms with E-state index in [1.807, 2.05) is 24.4 Å². The summed E-state index contributed by atoms with van der Waals surface area (Å²) in [5, 5.41) is 2.22. The Bertz CT molecular complexity index is 2810. The molecule has 0 N–H and O–H groups in total. The van der Waals surface area contributed by atoms with E-state index in [2.05, 4.69) is 183 Å². The summed E-state index contributed by atoms with van der Waals surface area (Å²) in [6.45, 7) is 11.2. The van der Waals surface area contributed by atoms with Gasteiger partial charge in [-0.05, 0) is 69.8 Å². The monoisotopic (exact) mass is 895 g/mol. The Balaban J connectivity index is 0.00000427. The molecule has 3 heterocycles. The standard InChI is InChI=1S/C49H40N4O.Pt/c1-48(2,3)35-26-27-50-46(31-35)53-43-22-14-12-20-40(43)41-25-24-38(32-45(41)53)54-39-29-33(28-36(30-39)49(4,5)34-16-8-6-9-17-34)47-51-42-21-13-15-23-44(42)52(47)37-18-10-7-11-19-37;/h6-28,30-31H,1-5H3;/q-2;+2. The Morgan fingerprint density at radius 2 is 1.25 bits per heavy atom. The zero-order chi connectivity index (χ0) is 37.0. The van der Waals surface area contributed by atoms with Gasteiger partial charge in [-0.15, -0.1) is 34.7 Å². The second-order valence-corrected chi connectivity index (χ2v) is 15.4. The maximum absolute atomic E-state index is 6.82. The molecule has 0 spiro atoms. The molecule has 0 aliphatic heterocycles. The number of nitrogens with zero attached hydrogens (tertiary/aromatic N) is 4. The van der Waals surface area contributed by atoms with Crippen LogP contribution in [-0.2, 0) is 31.9 Å². The minimum absolute atomic E-state index is 0. The van der Waals surface area contributed by atoms with Gasteiger partial charge in [0, 0.05) is 28.9 Å². The van der Waals surface area contributed by atoms with E-state index in [9.17, 15) is 0 Å². The smallest absolute Gasteiger partial charge is 0.503 e. The van der Waals surface area contributed by atoms with Crippen molar-refractivity contribution in [2.75, 3.05) is 0 Å². The molecule has 55 heavy (non-hydrogen) atoms. The van der Waals surface area contributed by atoms with Gasteiger partial charge in [0.25, 0.3) is 0 Å². The van der Waals surface area contributed by atoms with Crippen LogP contribution in [0.4, 0.5) is 0 Å².